The fourth-order valence-electron chi connectivity index (χ4n) is 1.36. The van der Waals surface area contributed by atoms with Crippen molar-refractivity contribution in [3.05, 3.63) is 51.0 Å². The van der Waals surface area contributed by atoms with Crippen LogP contribution in [-0.4, -0.2) is 18.4 Å². The number of halogens is 1. The number of hydrogen-bond acceptors (Lipinski definition) is 4. The summed E-state index contributed by atoms with van der Waals surface area (Å²) in [4.78, 5) is 17.3. The smallest absolute Gasteiger partial charge is 0.264 e. The van der Waals surface area contributed by atoms with Gasteiger partial charge in [0.15, 0.2) is 0 Å². The molecule has 0 radical (unpaired) electrons. The van der Waals surface area contributed by atoms with Crippen LogP contribution in [0, 0.1) is 6.92 Å². The van der Waals surface area contributed by atoms with Crippen molar-refractivity contribution < 1.29 is 8.42 Å². The van der Waals surface area contributed by atoms with Gasteiger partial charge in [0, 0.05) is 16.7 Å². The van der Waals surface area contributed by atoms with Gasteiger partial charge in [0.05, 0.1) is 5.69 Å². The summed E-state index contributed by atoms with van der Waals surface area (Å²) in [7, 11) is -3.76. The van der Waals surface area contributed by atoms with Crippen LogP contribution in [0.15, 0.2) is 44.6 Å². The minimum atomic E-state index is -3.76. The second kappa shape index (κ2) is 5.14. The summed E-state index contributed by atoms with van der Waals surface area (Å²) in [6.45, 7) is 1.75. The Kier molecular flexibility index (Phi) is 3.72. The van der Waals surface area contributed by atoms with Crippen molar-refractivity contribution in [1.29, 1.82) is 0 Å². The topological polar surface area (TPSA) is 91.9 Å². The number of nitrogens with one attached hydrogen (secondary N) is 2. The summed E-state index contributed by atoms with van der Waals surface area (Å²) >= 11 is 3.28. The first-order valence-electron chi connectivity index (χ1n) is 5.23. The molecule has 2 aromatic heterocycles. The lowest BCUT2D eigenvalue weighted by Gasteiger charge is -2.08. The lowest BCUT2D eigenvalue weighted by atomic mass is 10.4. The number of rotatable bonds is 3. The Labute approximate surface area is 118 Å². The Balaban J connectivity index is 2.33. The van der Waals surface area contributed by atoms with Crippen LogP contribution in [-0.2, 0) is 10.0 Å². The van der Waals surface area contributed by atoms with E-state index in [1.165, 1.54) is 6.07 Å². The first-order chi connectivity index (χ1) is 8.88. The molecular weight excluding hydrogens is 334 g/mol. The predicted octanol–water partition coefficient (Wildman–Crippen LogP) is 1.64. The summed E-state index contributed by atoms with van der Waals surface area (Å²) < 4.78 is 27.2. The van der Waals surface area contributed by atoms with Crippen LogP contribution in [0.5, 0.6) is 0 Å². The third kappa shape index (κ3) is 3.21. The number of aromatic amines is 1. The van der Waals surface area contributed by atoms with Crippen LogP contribution < -0.4 is 10.3 Å². The molecule has 8 heteroatoms. The molecule has 100 valence electrons. The van der Waals surface area contributed by atoms with Gasteiger partial charge in [-0.1, -0.05) is 0 Å². The van der Waals surface area contributed by atoms with E-state index >= 15 is 0 Å². The second-order valence-electron chi connectivity index (χ2n) is 3.76. The molecule has 2 N–H and O–H groups in total. The molecule has 2 aromatic rings. The quantitative estimate of drug-likeness (QED) is 0.885. The minimum Gasteiger partial charge on any atom is -0.328 e. The number of H-pyrrole nitrogens is 1. The molecule has 6 nitrogen and oxygen atoms in total. The molecule has 19 heavy (non-hydrogen) atoms. The molecular formula is C11H10BrN3O3S. The Morgan fingerprint density at radius 3 is 2.58 bits per heavy atom. The summed E-state index contributed by atoms with van der Waals surface area (Å²) in [5, 5.41) is 0. The van der Waals surface area contributed by atoms with Gasteiger partial charge in [0.2, 0.25) is 5.56 Å². The van der Waals surface area contributed by atoms with E-state index in [1.54, 1.807) is 19.1 Å². The van der Waals surface area contributed by atoms with Gasteiger partial charge in [-0.25, -0.2) is 13.4 Å². The van der Waals surface area contributed by atoms with Gasteiger partial charge in [-0.2, -0.15) is 0 Å². The third-order valence-electron chi connectivity index (χ3n) is 2.33. The summed E-state index contributed by atoms with van der Waals surface area (Å²) in [6.07, 6.45) is 1.14. The average Bonchev–Trinajstić information content (AvgIpc) is 2.34. The molecule has 0 saturated heterocycles. The van der Waals surface area contributed by atoms with E-state index in [0.29, 0.717) is 5.69 Å². The number of aromatic nitrogens is 2. The standard InChI is InChI=1S/C11H10BrN3O3S/c1-7-9(12)3-4-10(14-7)15-19(17,18)8-2-5-11(16)13-6-8/h2-6H,1H3,(H,13,16)(H,14,15). The normalized spacial score (nSPS) is 11.3. The maximum absolute atomic E-state index is 12.0. The zero-order valence-electron chi connectivity index (χ0n) is 9.84. The molecule has 2 heterocycles. The molecule has 0 atom stereocenters. The molecule has 0 fully saturated rings. The Morgan fingerprint density at radius 2 is 2.00 bits per heavy atom. The molecule has 0 aliphatic carbocycles. The second-order valence-corrected chi connectivity index (χ2v) is 6.29. The lowest BCUT2D eigenvalue weighted by Crippen LogP contribution is -2.16. The fourth-order valence-corrected chi connectivity index (χ4v) is 2.55. The number of sulfonamides is 1. The minimum absolute atomic E-state index is 0.0329. The SMILES string of the molecule is Cc1nc(NS(=O)(=O)c2ccc(=O)[nH]c2)ccc1Br. The van der Waals surface area contributed by atoms with Gasteiger partial charge < -0.3 is 4.98 Å². The number of anilines is 1. The van der Waals surface area contributed by atoms with Gasteiger partial charge >= 0.3 is 0 Å². The highest BCUT2D eigenvalue weighted by atomic mass is 79.9. The van der Waals surface area contributed by atoms with Crippen molar-refractivity contribution in [2.24, 2.45) is 0 Å². The fraction of sp³-hybridized carbons (Fsp3) is 0.0909. The largest absolute Gasteiger partial charge is 0.328 e. The van der Waals surface area contributed by atoms with Crippen molar-refractivity contribution in [1.82, 2.24) is 9.97 Å². The highest BCUT2D eigenvalue weighted by Gasteiger charge is 2.15. The number of nitrogens with zero attached hydrogens (tertiary/aromatic N) is 1. The molecule has 0 aliphatic rings. The zero-order chi connectivity index (χ0) is 14.0. The zero-order valence-corrected chi connectivity index (χ0v) is 12.2. The molecule has 0 amide bonds. The molecule has 0 spiro atoms. The summed E-state index contributed by atoms with van der Waals surface area (Å²) in [5.41, 5.74) is 0.304. The van der Waals surface area contributed by atoms with E-state index < -0.39 is 10.0 Å². The van der Waals surface area contributed by atoms with E-state index in [2.05, 4.69) is 30.6 Å². The van der Waals surface area contributed by atoms with E-state index in [-0.39, 0.29) is 16.3 Å². The van der Waals surface area contributed by atoms with E-state index in [1.807, 2.05) is 0 Å². The van der Waals surface area contributed by atoms with E-state index in [4.69, 9.17) is 0 Å². The van der Waals surface area contributed by atoms with Crippen molar-refractivity contribution >= 4 is 31.8 Å². The number of pyridine rings is 2. The van der Waals surface area contributed by atoms with Crippen LogP contribution >= 0.6 is 15.9 Å². The molecule has 0 bridgehead atoms. The van der Waals surface area contributed by atoms with Crippen LogP contribution in [0.4, 0.5) is 5.82 Å². The Bertz CT molecular complexity index is 751. The maximum atomic E-state index is 12.0. The van der Waals surface area contributed by atoms with Crippen LogP contribution in [0.25, 0.3) is 0 Å². The summed E-state index contributed by atoms with van der Waals surface area (Å²) in [5.74, 6) is 0.215. The average molecular weight is 344 g/mol. The first-order valence-corrected chi connectivity index (χ1v) is 7.51. The van der Waals surface area contributed by atoms with Crippen molar-refractivity contribution in [2.75, 3.05) is 4.72 Å². The van der Waals surface area contributed by atoms with Gasteiger partial charge in [-0.05, 0) is 41.1 Å². The first kappa shape index (κ1) is 13.8. The Morgan fingerprint density at radius 1 is 1.26 bits per heavy atom. The monoisotopic (exact) mass is 343 g/mol. The Hall–Kier alpha value is -1.67. The lowest BCUT2D eigenvalue weighted by molar-refractivity contribution is 0.600. The van der Waals surface area contributed by atoms with Crippen LogP contribution in [0.3, 0.4) is 0 Å². The highest BCUT2D eigenvalue weighted by molar-refractivity contribution is 9.10. The molecule has 0 aromatic carbocycles. The third-order valence-corrected chi connectivity index (χ3v) is 4.52. The van der Waals surface area contributed by atoms with Crippen LogP contribution in [0.1, 0.15) is 5.69 Å². The summed E-state index contributed by atoms with van der Waals surface area (Å²) in [6, 6.07) is 5.62. The predicted molar refractivity (Wildman–Crippen MR) is 74.5 cm³/mol. The number of hydrogen-bond donors (Lipinski definition) is 2. The molecule has 0 saturated carbocycles. The van der Waals surface area contributed by atoms with Crippen molar-refractivity contribution in [2.45, 2.75) is 11.8 Å². The highest BCUT2D eigenvalue weighted by Crippen LogP contribution is 2.18. The van der Waals surface area contributed by atoms with Gasteiger partial charge in [-0.3, -0.25) is 9.52 Å². The van der Waals surface area contributed by atoms with Gasteiger partial charge in [-0.15, -0.1) is 0 Å². The molecule has 2 rings (SSSR count). The van der Waals surface area contributed by atoms with Crippen LogP contribution in [0.2, 0.25) is 0 Å². The van der Waals surface area contributed by atoms with Gasteiger partial charge in [0.1, 0.15) is 10.7 Å². The molecule has 0 unspecified atom stereocenters. The number of aryl methyl sites for hydroxylation is 1. The van der Waals surface area contributed by atoms with Crippen molar-refractivity contribution in [3.8, 4) is 0 Å². The van der Waals surface area contributed by atoms with E-state index in [0.717, 1.165) is 16.7 Å². The molecule has 0 aliphatic heterocycles. The van der Waals surface area contributed by atoms with E-state index in [9.17, 15) is 13.2 Å². The van der Waals surface area contributed by atoms with Crippen molar-refractivity contribution in [3.63, 3.8) is 0 Å². The maximum Gasteiger partial charge on any atom is 0.264 e. The van der Waals surface area contributed by atoms with Gasteiger partial charge in [0.25, 0.3) is 10.0 Å².